The molecule has 0 radical (unpaired) electrons. The molecule has 6 nitrogen and oxygen atoms in total. The van der Waals surface area contributed by atoms with Crippen LogP contribution >= 0.6 is 0 Å². The number of hydrogen-bond donors (Lipinski definition) is 1. The molecule has 2 aromatic heterocycles. The van der Waals surface area contributed by atoms with Gasteiger partial charge in [0.2, 0.25) is 0 Å². The van der Waals surface area contributed by atoms with E-state index >= 15 is 0 Å². The van der Waals surface area contributed by atoms with E-state index in [1.165, 1.54) is 12.4 Å². The van der Waals surface area contributed by atoms with Gasteiger partial charge >= 0.3 is 6.08 Å². The zero-order chi connectivity index (χ0) is 17.4. The molecule has 3 aromatic rings. The van der Waals surface area contributed by atoms with E-state index in [0.717, 1.165) is 25.0 Å². The fraction of sp³-hybridized carbons (Fsp3) is 0.312. The number of halogens is 3. The third kappa shape index (κ3) is 2.91. The molecule has 0 bridgehead atoms. The van der Waals surface area contributed by atoms with Gasteiger partial charge in [-0.1, -0.05) is 6.07 Å². The van der Waals surface area contributed by atoms with Gasteiger partial charge in [-0.15, -0.1) is 0 Å². The van der Waals surface area contributed by atoms with Crippen molar-refractivity contribution >= 4 is 17.0 Å². The number of rotatable bonds is 4. The second-order valence-electron chi connectivity index (χ2n) is 5.69. The molecule has 1 fully saturated rings. The van der Waals surface area contributed by atoms with Crippen LogP contribution in [0.3, 0.4) is 0 Å². The molecule has 0 aliphatic carbocycles. The third-order valence-corrected chi connectivity index (χ3v) is 4.10. The zero-order valence-electron chi connectivity index (χ0n) is 13.0. The Morgan fingerprint density at radius 2 is 2.00 bits per heavy atom. The lowest BCUT2D eigenvalue weighted by molar-refractivity contribution is 0.0592. The van der Waals surface area contributed by atoms with Crippen LogP contribution in [-0.4, -0.2) is 26.1 Å². The van der Waals surface area contributed by atoms with Crippen molar-refractivity contribution in [1.82, 2.24) is 19.5 Å². The molecule has 1 saturated heterocycles. The predicted octanol–water partition coefficient (Wildman–Crippen LogP) is 3.16. The van der Waals surface area contributed by atoms with Gasteiger partial charge in [0, 0.05) is 18.7 Å². The highest BCUT2D eigenvalue weighted by molar-refractivity contribution is 5.82. The molecule has 3 heterocycles. The minimum Gasteiger partial charge on any atom is -0.364 e. The Balaban J connectivity index is 1.67. The van der Waals surface area contributed by atoms with E-state index in [-0.39, 0.29) is 29.8 Å². The summed E-state index contributed by atoms with van der Waals surface area (Å²) in [4.78, 5) is 11.7. The van der Waals surface area contributed by atoms with Crippen LogP contribution in [0.5, 0.6) is 0 Å². The molecule has 1 aliphatic heterocycles. The van der Waals surface area contributed by atoms with Crippen molar-refractivity contribution in [3.63, 3.8) is 0 Å². The van der Waals surface area contributed by atoms with Crippen molar-refractivity contribution in [1.29, 1.82) is 0 Å². The number of aromatic nitrogens is 4. The van der Waals surface area contributed by atoms with Gasteiger partial charge in [-0.3, -0.25) is 4.57 Å². The zero-order valence-corrected chi connectivity index (χ0v) is 13.0. The van der Waals surface area contributed by atoms with Crippen LogP contribution in [0.4, 0.5) is 19.0 Å². The molecule has 9 heteroatoms. The van der Waals surface area contributed by atoms with Gasteiger partial charge in [-0.2, -0.15) is 14.4 Å². The number of nitrogens with one attached hydrogen (secondary N) is 1. The van der Waals surface area contributed by atoms with Crippen LogP contribution < -0.4 is 5.32 Å². The maximum Gasteiger partial charge on any atom is 0.312 e. The van der Waals surface area contributed by atoms with Gasteiger partial charge in [-0.05, 0) is 25.0 Å². The highest BCUT2D eigenvalue weighted by Crippen LogP contribution is 2.28. The van der Waals surface area contributed by atoms with Gasteiger partial charge in [0.25, 0.3) is 0 Å². The molecule has 1 aliphatic rings. The van der Waals surface area contributed by atoms with E-state index in [2.05, 4.69) is 20.3 Å². The molecule has 25 heavy (non-hydrogen) atoms. The molecule has 1 aromatic carbocycles. The van der Waals surface area contributed by atoms with E-state index in [0.29, 0.717) is 12.1 Å². The minimum absolute atomic E-state index is 0.0712. The molecule has 0 spiro atoms. The van der Waals surface area contributed by atoms with Crippen LogP contribution in [0.2, 0.25) is 0 Å². The normalized spacial score (nSPS) is 17.3. The lowest BCUT2D eigenvalue weighted by atomic mass is 10.2. The average molecular weight is 349 g/mol. The van der Waals surface area contributed by atoms with E-state index in [1.807, 2.05) is 0 Å². The topological polar surface area (TPSA) is 64.9 Å². The molecule has 0 amide bonds. The van der Waals surface area contributed by atoms with Crippen molar-refractivity contribution in [2.45, 2.75) is 25.6 Å². The Bertz CT molecular complexity index is 903. The third-order valence-electron chi connectivity index (χ3n) is 4.10. The molecule has 1 atom stereocenters. The van der Waals surface area contributed by atoms with E-state index in [9.17, 15) is 13.2 Å². The molecular weight excluding hydrogens is 335 g/mol. The number of anilines is 1. The summed E-state index contributed by atoms with van der Waals surface area (Å²) in [6.45, 7) is 0.423. The van der Waals surface area contributed by atoms with Crippen molar-refractivity contribution in [3.8, 4) is 0 Å². The highest BCUT2D eigenvalue weighted by Gasteiger charge is 2.22. The van der Waals surface area contributed by atoms with Gasteiger partial charge in [0.05, 0.1) is 6.33 Å². The van der Waals surface area contributed by atoms with Gasteiger partial charge in [-0.25, -0.2) is 13.8 Å². The lowest BCUT2D eigenvalue weighted by Gasteiger charge is -2.12. The van der Waals surface area contributed by atoms with Crippen molar-refractivity contribution in [3.05, 3.63) is 47.8 Å². The van der Waals surface area contributed by atoms with Gasteiger partial charge < -0.3 is 10.1 Å². The van der Waals surface area contributed by atoms with Crippen LogP contribution in [0, 0.1) is 17.7 Å². The summed E-state index contributed by atoms with van der Waals surface area (Å²) in [6, 6.07) is 3.59. The summed E-state index contributed by atoms with van der Waals surface area (Å²) in [5, 5.41) is 2.74. The van der Waals surface area contributed by atoms with Crippen molar-refractivity contribution in [2.24, 2.45) is 0 Å². The summed E-state index contributed by atoms with van der Waals surface area (Å²) < 4.78 is 48.5. The minimum atomic E-state index is -0.955. The molecule has 4 rings (SSSR count). The standard InChI is InChI=1S/C16H14F3N5O/c17-10-3-1-4-11(18)9(10)7-20-14-13-15(23-16(19)22-14)24(8-21-13)12-5-2-6-25-12/h1,3-4,8,12H,2,5-7H2,(H,20,22,23). The number of ether oxygens (including phenoxy) is 1. The quantitative estimate of drug-likeness (QED) is 0.733. The second-order valence-corrected chi connectivity index (χ2v) is 5.69. The first-order valence-electron chi connectivity index (χ1n) is 7.82. The van der Waals surface area contributed by atoms with Crippen LogP contribution in [0.25, 0.3) is 11.2 Å². The van der Waals surface area contributed by atoms with Crippen LogP contribution in [0.1, 0.15) is 24.6 Å². The summed E-state index contributed by atoms with van der Waals surface area (Å²) in [6.07, 6.45) is 1.97. The Labute approximate surface area is 140 Å². The SMILES string of the molecule is Fc1nc(NCc2c(F)cccc2F)c2ncn(C3CCCO3)c2n1. The predicted molar refractivity (Wildman–Crippen MR) is 83.2 cm³/mol. The molecule has 0 saturated carbocycles. The maximum atomic E-state index is 13.8. The van der Waals surface area contributed by atoms with E-state index < -0.39 is 17.7 Å². The lowest BCUT2D eigenvalue weighted by Crippen LogP contribution is -2.10. The van der Waals surface area contributed by atoms with Gasteiger partial charge in [0.15, 0.2) is 17.0 Å². The molecular formula is C16H14F3N5O. The van der Waals surface area contributed by atoms with E-state index in [1.54, 1.807) is 4.57 Å². The number of benzene rings is 1. The van der Waals surface area contributed by atoms with Crippen molar-refractivity contribution < 1.29 is 17.9 Å². The number of nitrogens with zero attached hydrogens (tertiary/aromatic N) is 4. The number of hydrogen-bond acceptors (Lipinski definition) is 5. The first kappa shape index (κ1) is 15.8. The van der Waals surface area contributed by atoms with Crippen LogP contribution in [0.15, 0.2) is 24.5 Å². The summed E-state index contributed by atoms with van der Waals surface area (Å²) in [5.74, 6) is -1.31. The number of fused-ring (bicyclic) bond motifs is 1. The Kier molecular flexibility index (Phi) is 4.00. The Morgan fingerprint density at radius 1 is 1.20 bits per heavy atom. The smallest absolute Gasteiger partial charge is 0.312 e. The fourth-order valence-electron chi connectivity index (χ4n) is 2.88. The molecule has 130 valence electrons. The van der Waals surface area contributed by atoms with Gasteiger partial charge in [0.1, 0.15) is 17.9 Å². The first-order valence-corrected chi connectivity index (χ1v) is 7.82. The Hall–Kier alpha value is -2.68. The molecule has 1 unspecified atom stereocenters. The van der Waals surface area contributed by atoms with E-state index in [4.69, 9.17) is 4.74 Å². The summed E-state index contributed by atoms with van der Waals surface area (Å²) in [7, 11) is 0. The molecule has 1 N–H and O–H groups in total. The monoisotopic (exact) mass is 349 g/mol. The fourth-order valence-corrected chi connectivity index (χ4v) is 2.88. The Morgan fingerprint density at radius 3 is 2.72 bits per heavy atom. The number of imidazole rings is 1. The second kappa shape index (κ2) is 6.32. The first-order chi connectivity index (χ1) is 12.1. The van der Waals surface area contributed by atoms with Crippen LogP contribution in [-0.2, 0) is 11.3 Å². The summed E-state index contributed by atoms with van der Waals surface area (Å²) in [5.41, 5.74) is 0.429. The largest absolute Gasteiger partial charge is 0.364 e. The highest BCUT2D eigenvalue weighted by atomic mass is 19.1. The summed E-state index contributed by atoms with van der Waals surface area (Å²) >= 11 is 0. The average Bonchev–Trinajstić information content (AvgIpc) is 3.23. The maximum absolute atomic E-state index is 13.8. The van der Waals surface area contributed by atoms with Crippen molar-refractivity contribution in [2.75, 3.05) is 11.9 Å².